The van der Waals surface area contributed by atoms with Crippen LogP contribution in [0.4, 0.5) is 5.69 Å². The van der Waals surface area contributed by atoms with Gasteiger partial charge in [-0.3, -0.25) is 4.90 Å². The quantitative estimate of drug-likeness (QED) is 0.928. The van der Waals surface area contributed by atoms with E-state index in [0.717, 1.165) is 11.7 Å². The third-order valence-corrected chi connectivity index (χ3v) is 4.60. The Morgan fingerprint density at radius 1 is 1.10 bits per heavy atom. The van der Waals surface area contributed by atoms with Gasteiger partial charge in [-0.25, -0.2) is 4.68 Å². The Balaban J connectivity index is 1.60. The summed E-state index contributed by atoms with van der Waals surface area (Å²) in [5.41, 5.74) is 2.32. The molecular weight excluding hydrogens is 248 g/mol. The molecule has 20 heavy (non-hydrogen) atoms. The summed E-state index contributed by atoms with van der Waals surface area (Å²) in [4.78, 5) is 2.63. The molecular formula is C16H20N4. The highest BCUT2D eigenvalue weighted by Gasteiger charge is 2.37. The van der Waals surface area contributed by atoms with Gasteiger partial charge in [0, 0.05) is 31.0 Å². The van der Waals surface area contributed by atoms with Crippen LogP contribution in [0.15, 0.2) is 42.7 Å². The van der Waals surface area contributed by atoms with Gasteiger partial charge in [0.25, 0.3) is 0 Å². The zero-order valence-electron chi connectivity index (χ0n) is 11.6. The predicted octanol–water partition coefficient (Wildman–Crippen LogP) is 2.52. The van der Waals surface area contributed by atoms with E-state index in [9.17, 15) is 0 Å². The minimum absolute atomic E-state index is 0.578. The summed E-state index contributed by atoms with van der Waals surface area (Å²) >= 11 is 0. The Morgan fingerprint density at radius 3 is 2.95 bits per heavy atom. The van der Waals surface area contributed by atoms with Gasteiger partial charge in [-0.05, 0) is 44.0 Å². The molecule has 1 aromatic carbocycles. The summed E-state index contributed by atoms with van der Waals surface area (Å²) < 4.78 is 1.93. The molecule has 4 nitrogen and oxygen atoms in total. The van der Waals surface area contributed by atoms with Gasteiger partial charge in [-0.15, -0.1) is 0 Å². The summed E-state index contributed by atoms with van der Waals surface area (Å²) in [5.74, 6) is 0. The van der Waals surface area contributed by atoms with Gasteiger partial charge in [-0.2, -0.15) is 5.10 Å². The summed E-state index contributed by atoms with van der Waals surface area (Å²) in [5, 5.41) is 8.12. The van der Waals surface area contributed by atoms with Gasteiger partial charge in [-0.1, -0.05) is 12.1 Å². The molecule has 4 rings (SSSR count). The second-order valence-corrected chi connectivity index (χ2v) is 5.75. The van der Waals surface area contributed by atoms with Crippen molar-refractivity contribution in [3.63, 3.8) is 0 Å². The van der Waals surface area contributed by atoms with Crippen molar-refractivity contribution in [1.29, 1.82) is 0 Å². The lowest BCUT2D eigenvalue weighted by Gasteiger charge is -2.23. The van der Waals surface area contributed by atoms with Crippen LogP contribution in [0.1, 0.15) is 19.3 Å². The van der Waals surface area contributed by atoms with Crippen LogP contribution in [0.2, 0.25) is 0 Å². The second-order valence-electron chi connectivity index (χ2n) is 5.75. The fraction of sp³-hybridized carbons (Fsp3) is 0.438. The lowest BCUT2D eigenvalue weighted by atomic mass is 10.1. The predicted molar refractivity (Wildman–Crippen MR) is 80.2 cm³/mol. The Bertz CT molecular complexity index is 578. The van der Waals surface area contributed by atoms with Crippen LogP contribution in [-0.4, -0.2) is 39.9 Å². The molecule has 1 N–H and O–H groups in total. The van der Waals surface area contributed by atoms with E-state index in [4.69, 9.17) is 0 Å². The monoisotopic (exact) mass is 268 g/mol. The molecule has 1 aromatic heterocycles. The van der Waals surface area contributed by atoms with Crippen LogP contribution >= 0.6 is 0 Å². The molecule has 2 unspecified atom stereocenters. The summed E-state index contributed by atoms with van der Waals surface area (Å²) in [6, 6.07) is 11.7. The minimum atomic E-state index is 0.578. The van der Waals surface area contributed by atoms with Crippen LogP contribution in [0.25, 0.3) is 5.69 Å². The molecule has 2 saturated heterocycles. The Morgan fingerprint density at radius 2 is 2.05 bits per heavy atom. The van der Waals surface area contributed by atoms with Gasteiger partial charge in [0.2, 0.25) is 0 Å². The van der Waals surface area contributed by atoms with Gasteiger partial charge in [0.15, 0.2) is 0 Å². The number of nitrogens with one attached hydrogen (secondary N) is 1. The molecule has 2 fully saturated rings. The fourth-order valence-electron chi connectivity index (χ4n) is 3.66. The summed E-state index contributed by atoms with van der Waals surface area (Å²) in [6.45, 7) is 2.52. The van der Waals surface area contributed by atoms with E-state index in [1.54, 1.807) is 0 Å². The van der Waals surface area contributed by atoms with Gasteiger partial charge >= 0.3 is 0 Å². The van der Waals surface area contributed by atoms with Gasteiger partial charge in [0.1, 0.15) is 0 Å². The number of para-hydroxylation sites is 2. The number of nitrogens with zero attached hydrogens (tertiary/aromatic N) is 3. The maximum absolute atomic E-state index is 4.35. The van der Waals surface area contributed by atoms with Crippen molar-refractivity contribution in [2.45, 2.75) is 31.3 Å². The summed E-state index contributed by atoms with van der Waals surface area (Å²) in [6.07, 6.45) is 7.76. The van der Waals surface area contributed by atoms with Crippen molar-refractivity contribution in [3.05, 3.63) is 42.7 Å². The first kappa shape index (κ1) is 12.0. The van der Waals surface area contributed by atoms with Gasteiger partial charge < -0.3 is 5.32 Å². The van der Waals surface area contributed by atoms with E-state index >= 15 is 0 Å². The lowest BCUT2D eigenvalue weighted by Crippen LogP contribution is -2.34. The van der Waals surface area contributed by atoms with E-state index in [0.29, 0.717) is 6.04 Å². The highest BCUT2D eigenvalue weighted by atomic mass is 15.3. The molecule has 0 bridgehead atoms. The standard InChI is InChI=1S/C16H20N4/c1-2-6-16(20-11-4-9-17-20)13(5-1)18-14-8-12-19-10-3-7-15(14)19/h1-2,4-6,9,11,14-15,18H,3,7-8,10,12H2. The molecule has 2 aliphatic rings. The lowest BCUT2D eigenvalue weighted by molar-refractivity contribution is 0.318. The van der Waals surface area contributed by atoms with Crippen LogP contribution in [0, 0.1) is 0 Å². The first-order valence-corrected chi connectivity index (χ1v) is 7.51. The maximum atomic E-state index is 4.35. The van der Waals surface area contributed by atoms with Crippen LogP contribution in [-0.2, 0) is 0 Å². The van der Waals surface area contributed by atoms with Crippen LogP contribution in [0.3, 0.4) is 0 Å². The Labute approximate surface area is 119 Å². The molecule has 104 valence electrons. The van der Waals surface area contributed by atoms with E-state index in [-0.39, 0.29) is 0 Å². The first-order chi connectivity index (χ1) is 9.92. The molecule has 3 heterocycles. The molecule has 0 aliphatic carbocycles. The van der Waals surface area contributed by atoms with E-state index < -0.39 is 0 Å². The number of rotatable bonds is 3. The molecule has 0 saturated carbocycles. The third-order valence-electron chi connectivity index (χ3n) is 4.60. The van der Waals surface area contributed by atoms with E-state index in [2.05, 4.69) is 39.6 Å². The van der Waals surface area contributed by atoms with Crippen molar-refractivity contribution in [3.8, 4) is 5.69 Å². The first-order valence-electron chi connectivity index (χ1n) is 7.51. The molecule has 4 heteroatoms. The average Bonchev–Trinajstić information content (AvgIpc) is 3.18. The molecule has 2 atom stereocenters. The van der Waals surface area contributed by atoms with Crippen molar-refractivity contribution in [2.24, 2.45) is 0 Å². The fourth-order valence-corrected chi connectivity index (χ4v) is 3.66. The van der Waals surface area contributed by atoms with Crippen molar-refractivity contribution >= 4 is 5.69 Å². The maximum Gasteiger partial charge on any atom is 0.0876 e. The SMILES string of the molecule is c1ccc(-n2cccn2)c(NC2CCN3CCCC23)c1. The Kier molecular flexibility index (Phi) is 2.96. The van der Waals surface area contributed by atoms with E-state index in [1.807, 2.05) is 23.1 Å². The largest absolute Gasteiger partial charge is 0.379 e. The Hall–Kier alpha value is -1.81. The normalized spacial score (nSPS) is 25.8. The average molecular weight is 268 g/mol. The minimum Gasteiger partial charge on any atom is -0.379 e. The highest BCUT2D eigenvalue weighted by Crippen LogP contribution is 2.31. The molecule has 2 aliphatic heterocycles. The number of anilines is 1. The number of fused-ring (bicyclic) bond motifs is 1. The molecule has 0 spiro atoms. The second kappa shape index (κ2) is 4.94. The molecule has 0 amide bonds. The van der Waals surface area contributed by atoms with Crippen molar-refractivity contribution < 1.29 is 0 Å². The molecule has 0 radical (unpaired) electrons. The summed E-state index contributed by atoms with van der Waals surface area (Å²) in [7, 11) is 0. The van der Waals surface area contributed by atoms with Crippen molar-refractivity contribution in [2.75, 3.05) is 18.4 Å². The molecule has 2 aromatic rings. The van der Waals surface area contributed by atoms with E-state index in [1.165, 1.54) is 38.0 Å². The third kappa shape index (κ3) is 2.00. The topological polar surface area (TPSA) is 33.1 Å². The number of aromatic nitrogens is 2. The number of hydrogen-bond acceptors (Lipinski definition) is 3. The zero-order chi connectivity index (χ0) is 13.4. The van der Waals surface area contributed by atoms with Crippen molar-refractivity contribution in [1.82, 2.24) is 14.7 Å². The van der Waals surface area contributed by atoms with Crippen LogP contribution in [0.5, 0.6) is 0 Å². The number of hydrogen-bond donors (Lipinski definition) is 1. The zero-order valence-corrected chi connectivity index (χ0v) is 11.6. The van der Waals surface area contributed by atoms with Gasteiger partial charge in [0.05, 0.1) is 11.4 Å². The number of benzene rings is 1. The highest BCUT2D eigenvalue weighted by molar-refractivity contribution is 5.61. The smallest absolute Gasteiger partial charge is 0.0876 e. The van der Waals surface area contributed by atoms with Crippen LogP contribution < -0.4 is 5.32 Å².